The first-order chi connectivity index (χ1) is 14.8. The summed E-state index contributed by atoms with van der Waals surface area (Å²) in [6.45, 7) is 5.72. The second-order valence-electron chi connectivity index (χ2n) is 7.29. The number of benzene rings is 1. The number of urea groups is 1. The Balaban J connectivity index is 1.76. The number of halogens is 1. The number of hydrogen-bond donors (Lipinski definition) is 1. The van der Waals surface area contributed by atoms with Crippen LogP contribution in [0.5, 0.6) is 0 Å². The topological polar surface area (TPSA) is 84.3 Å². The number of imide groups is 2. The normalized spacial score (nSPS) is 15.5. The minimum absolute atomic E-state index is 0.164. The highest BCUT2D eigenvalue weighted by Gasteiger charge is 2.37. The van der Waals surface area contributed by atoms with Crippen molar-refractivity contribution < 1.29 is 18.8 Å². The second kappa shape index (κ2) is 7.64. The summed E-state index contributed by atoms with van der Waals surface area (Å²) < 4.78 is 15.2. The molecular weight excluding hydrogens is 399 g/mol. The molecule has 1 saturated heterocycles. The van der Waals surface area contributed by atoms with E-state index in [2.05, 4.69) is 10.3 Å². The molecule has 1 N–H and O–H groups in total. The van der Waals surface area contributed by atoms with Crippen LogP contribution in [0.1, 0.15) is 22.5 Å². The summed E-state index contributed by atoms with van der Waals surface area (Å²) in [5, 5.41) is 2.17. The first kappa shape index (κ1) is 20.2. The Kier molecular flexibility index (Phi) is 4.98. The molecule has 1 aromatic carbocycles. The fourth-order valence-electron chi connectivity index (χ4n) is 3.57. The van der Waals surface area contributed by atoms with E-state index in [4.69, 9.17) is 0 Å². The van der Waals surface area contributed by atoms with Gasteiger partial charge < -0.3 is 4.57 Å². The number of aromatic nitrogens is 2. The first-order valence-corrected chi connectivity index (χ1v) is 9.55. The lowest BCUT2D eigenvalue weighted by Crippen LogP contribution is -2.54. The number of carbonyl (C=O) groups excluding carboxylic acids is 3. The summed E-state index contributed by atoms with van der Waals surface area (Å²) in [6.07, 6.45) is 3.17. The Labute approximate surface area is 177 Å². The average molecular weight is 418 g/mol. The summed E-state index contributed by atoms with van der Waals surface area (Å²) in [5.74, 6) is -1.34. The van der Waals surface area contributed by atoms with Gasteiger partial charge in [-0.3, -0.25) is 14.9 Å². The van der Waals surface area contributed by atoms with Gasteiger partial charge in [0.15, 0.2) is 0 Å². The Hall–Kier alpha value is -4.07. The zero-order valence-electron chi connectivity index (χ0n) is 17.1. The molecule has 3 heterocycles. The molecule has 4 amide bonds. The highest BCUT2D eigenvalue weighted by atomic mass is 19.1. The van der Waals surface area contributed by atoms with E-state index < -0.39 is 23.7 Å². The lowest BCUT2D eigenvalue weighted by molar-refractivity contribution is -0.122. The molecule has 1 fully saturated rings. The number of nitrogens with zero attached hydrogens (tertiary/aromatic N) is 3. The number of amides is 4. The smallest absolute Gasteiger partial charge is 0.303 e. The molecule has 3 aromatic rings. The maximum atomic E-state index is 13.2. The van der Waals surface area contributed by atoms with E-state index in [1.165, 1.54) is 18.2 Å². The van der Waals surface area contributed by atoms with Gasteiger partial charge in [-0.2, -0.15) is 0 Å². The van der Waals surface area contributed by atoms with Crippen molar-refractivity contribution in [3.05, 3.63) is 82.6 Å². The van der Waals surface area contributed by atoms with E-state index in [9.17, 15) is 18.8 Å². The molecule has 0 radical (unpaired) electrons. The summed E-state index contributed by atoms with van der Waals surface area (Å²) in [5.41, 5.74) is 3.32. The van der Waals surface area contributed by atoms with E-state index in [1.54, 1.807) is 6.20 Å². The highest BCUT2D eigenvalue weighted by Crippen LogP contribution is 2.25. The molecule has 0 spiro atoms. The molecule has 0 aliphatic carbocycles. The highest BCUT2D eigenvalue weighted by molar-refractivity contribution is 6.39. The number of carbonyl (C=O) groups is 3. The van der Waals surface area contributed by atoms with Crippen LogP contribution >= 0.6 is 0 Å². The Morgan fingerprint density at radius 1 is 1.00 bits per heavy atom. The van der Waals surface area contributed by atoms with Gasteiger partial charge in [0.2, 0.25) is 0 Å². The summed E-state index contributed by atoms with van der Waals surface area (Å²) >= 11 is 0. The molecule has 31 heavy (non-hydrogen) atoms. The SMILES string of the molecule is Cc1ccnc(-n2c(C)cc(C=C3C(=O)NC(=O)N(c4ccc(F)cc4)C3=O)c2C)c1. The largest absolute Gasteiger partial charge is 0.335 e. The molecule has 7 nitrogen and oxygen atoms in total. The maximum absolute atomic E-state index is 13.2. The quantitative estimate of drug-likeness (QED) is 0.520. The second-order valence-corrected chi connectivity index (χ2v) is 7.29. The Morgan fingerprint density at radius 2 is 1.71 bits per heavy atom. The van der Waals surface area contributed by atoms with E-state index >= 15 is 0 Å². The average Bonchev–Trinajstić information content (AvgIpc) is 2.99. The lowest BCUT2D eigenvalue weighted by atomic mass is 10.1. The molecule has 1 aliphatic heterocycles. The molecule has 4 rings (SSSR count). The van der Waals surface area contributed by atoms with Crippen molar-refractivity contribution in [1.29, 1.82) is 0 Å². The number of anilines is 1. The third kappa shape index (κ3) is 3.63. The van der Waals surface area contributed by atoms with Crippen molar-refractivity contribution in [3.8, 4) is 5.82 Å². The van der Waals surface area contributed by atoms with Gasteiger partial charge in [0.05, 0.1) is 5.69 Å². The van der Waals surface area contributed by atoms with Crippen LogP contribution in [0.2, 0.25) is 0 Å². The summed E-state index contributed by atoms with van der Waals surface area (Å²) in [7, 11) is 0. The molecule has 0 atom stereocenters. The molecule has 8 heteroatoms. The molecule has 0 bridgehead atoms. The van der Waals surface area contributed by atoms with Crippen LogP contribution < -0.4 is 10.2 Å². The van der Waals surface area contributed by atoms with Crippen LogP contribution in [0.25, 0.3) is 11.9 Å². The van der Waals surface area contributed by atoms with Gasteiger partial charge in [0.25, 0.3) is 11.8 Å². The summed E-state index contributed by atoms with van der Waals surface area (Å²) in [4.78, 5) is 43.0. The maximum Gasteiger partial charge on any atom is 0.335 e. The summed E-state index contributed by atoms with van der Waals surface area (Å²) in [6, 6.07) is 9.66. The number of aryl methyl sites for hydroxylation is 2. The fraction of sp³-hybridized carbons (Fsp3) is 0.130. The lowest BCUT2D eigenvalue weighted by Gasteiger charge is -2.26. The van der Waals surface area contributed by atoms with Gasteiger partial charge in [-0.25, -0.2) is 19.1 Å². The first-order valence-electron chi connectivity index (χ1n) is 9.55. The van der Waals surface area contributed by atoms with Crippen LogP contribution in [-0.2, 0) is 9.59 Å². The van der Waals surface area contributed by atoms with Gasteiger partial charge in [0.1, 0.15) is 17.2 Å². The Morgan fingerprint density at radius 3 is 2.39 bits per heavy atom. The van der Waals surface area contributed by atoms with Crippen LogP contribution in [-0.4, -0.2) is 27.4 Å². The number of pyridine rings is 1. The van der Waals surface area contributed by atoms with E-state index in [0.29, 0.717) is 5.56 Å². The molecular formula is C23H19FN4O3. The van der Waals surface area contributed by atoms with Crippen LogP contribution in [0.15, 0.2) is 54.2 Å². The zero-order valence-corrected chi connectivity index (χ0v) is 17.1. The molecule has 0 saturated carbocycles. The van der Waals surface area contributed by atoms with Gasteiger partial charge in [-0.15, -0.1) is 0 Å². The minimum Gasteiger partial charge on any atom is -0.303 e. The number of hydrogen-bond acceptors (Lipinski definition) is 4. The van der Waals surface area contributed by atoms with Crippen molar-refractivity contribution in [2.75, 3.05) is 4.90 Å². The zero-order chi connectivity index (χ0) is 22.3. The minimum atomic E-state index is -0.881. The molecule has 2 aromatic heterocycles. The number of barbiturate groups is 1. The molecule has 156 valence electrons. The number of nitrogens with one attached hydrogen (secondary N) is 1. The van der Waals surface area contributed by atoms with E-state index in [0.717, 1.165) is 39.8 Å². The van der Waals surface area contributed by atoms with Crippen molar-refractivity contribution in [2.24, 2.45) is 0 Å². The standard InChI is InChI=1S/C23H19FN4O3/c1-13-8-9-25-20(10-13)27-14(2)11-16(15(27)3)12-19-21(29)26-23(31)28(22(19)30)18-6-4-17(24)5-7-18/h4-12H,1-3H3,(H,26,29,31). The predicted octanol–water partition coefficient (Wildman–Crippen LogP) is 3.60. The van der Waals surface area contributed by atoms with Crippen LogP contribution in [0.4, 0.5) is 14.9 Å². The van der Waals surface area contributed by atoms with Crippen molar-refractivity contribution in [2.45, 2.75) is 20.8 Å². The molecule has 0 unspecified atom stereocenters. The number of rotatable bonds is 3. The van der Waals surface area contributed by atoms with Gasteiger partial charge in [0, 0.05) is 17.6 Å². The van der Waals surface area contributed by atoms with Gasteiger partial charge >= 0.3 is 6.03 Å². The predicted molar refractivity (Wildman–Crippen MR) is 113 cm³/mol. The van der Waals surface area contributed by atoms with Crippen LogP contribution in [0.3, 0.4) is 0 Å². The van der Waals surface area contributed by atoms with Crippen molar-refractivity contribution >= 4 is 29.6 Å². The molecule has 1 aliphatic rings. The van der Waals surface area contributed by atoms with Crippen molar-refractivity contribution in [3.63, 3.8) is 0 Å². The monoisotopic (exact) mass is 418 g/mol. The van der Waals surface area contributed by atoms with E-state index in [1.807, 2.05) is 43.5 Å². The third-order valence-electron chi connectivity index (χ3n) is 5.09. The van der Waals surface area contributed by atoms with Crippen molar-refractivity contribution in [1.82, 2.24) is 14.9 Å². The third-order valence-corrected chi connectivity index (χ3v) is 5.09. The van der Waals surface area contributed by atoms with E-state index in [-0.39, 0.29) is 11.3 Å². The van der Waals surface area contributed by atoms with Crippen LogP contribution in [0, 0.1) is 26.6 Å². The van der Waals surface area contributed by atoms with Gasteiger partial charge in [-0.1, -0.05) is 0 Å². The van der Waals surface area contributed by atoms with Gasteiger partial charge in [-0.05, 0) is 80.4 Å². The fourth-order valence-corrected chi connectivity index (χ4v) is 3.57. The Bertz CT molecular complexity index is 1260.